The Morgan fingerprint density at radius 3 is 2.81 bits per heavy atom. The van der Waals surface area contributed by atoms with Gasteiger partial charge in [0, 0.05) is 19.6 Å². The van der Waals surface area contributed by atoms with Crippen molar-refractivity contribution in [1.29, 1.82) is 0 Å². The number of hydrogen-bond donors (Lipinski definition) is 1. The molecule has 94 valence electrons. The summed E-state index contributed by atoms with van der Waals surface area (Å²) < 4.78 is 4.96. The third kappa shape index (κ3) is 2.95. The van der Waals surface area contributed by atoms with Crippen LogP contribution in [0.25, 0.3) is 0 Å². The number of esters is 1. The first-order valence-corrected chi connectivity index (χ1v) is 6.19. The Morgan fingerprint density at radius 1 is 1.44 bits per heavy atom. The Labute approximate surface area is 98.3 Å². The summed E-state index contributed by atoms with van der Waals surface area (Å²) in [4.78, 5) is 14.2. The van der Waals surface area contributed by atoms with E-state index in [0.29, 0.717) is 0 Å². The maximum absolute atomic E-state index is 12.0. The molecular formula is C12H24N2O2. The van der Waals surface area contributed by atoms with E-state index in [2.05, 4.69) is 17.1 Å². The highest BCUT2D eigenvalue weighted by atomic mass is 16.5. The highest BCUT2D eigenvalue weighted by Crippen LogP contribution is 2.23. The second-order valence-electron chi connectivity index (χ2n) is 4.61. The number of ether oxygens (including phenoxy) is 1. The lowest BCUT2D eigenvalue weighted by Crippen LogP contribution is -2.54. The zero-order chi connectivity index (χ0) is 12.0. The summed E-state index contributed by atoms with van der Waals surface area (Å²) >= 11 is 0. The molecule has 0 aromatic heterocycles. The number of hydrogen-bond acceptors (Lipinski definition) is 4. The fourth-order valence-corrected chi connectivity index (χ4v) is 2.44. The van der Waals surface area contributed by atoms with Crippen LogP contribution in [0.1, 0.15) is 33.1 Å². The monoisotopic (exact) mass is 228 g/mol. The minimum atomic E-state index is -0.449. The molecule has 1 saturated heterocycles. The van der Waals surface area contributed by atoms with Gasteiger partial charge in [-0.25, -0.2) is 0 Å². The quantitative estimate of drug-likeness (QED) is 0.729. The molecule has 1 aliphatic rings. The number of methoxy groups -OCH3 is 1. The third-order valence-corrected chi connectivity index (χ3v) is 3.40. The summed E-state index contributed by atoms with van der Waals surface area (Å²) in [6.45, 7) is 8.01. The lowest BCUT2D eigenvalue weighted by molar-refractivity contribution is -0.154. The summed E-state index contributed by atoms with van der Waals surface area (Å²) in [5, 5.41) is 3.35. The fourth-order valence-electron chi connectivity index (χ4n) is 2.44. The van der Waals surface area contributed by atoms with E-state index in [1.807, 2.05) is 6.92 Å². The lowest BCUT2D eigenvalue weighted by Gasteiger charge is -2.38. The lowest BCUT2D eigenvalue weighted by atomic mass is 9.93. The van der Waals surface area contributed by atoms with Crippen LogP contribution in [0.15, 0.2) is 0 Å². The van der Waals surface area contributed by atoms with Crippen LogP contribution >= 0.6 is 0 Å². The number of nitrogens with one attached hydrogen (secondary N) is 1. The number of carbonyl (C=O) groups excluding carboxylic acids is 1. The van der Waals surface area contributed by atoms with Gasteiger partial charge in [0.2, 0.25) is 0 Å². The predicted molar refractivity (Wildman–Crippen MR) is 64.4 cm³/mol. The highest BCUT2D eigenvalue weighted by molar-refractivity contribution is 5.80. The molecule has 1 heterocycles. The van der Waals surface area contributed by atoms with Crippen molar-refractivity contribution in [3.8, 4) is 0 Å². The van der Waals surface area contributed by atoms with Crippen LogP contribution in [0.2, 0.25) is 0 Å². The van der Waals surface area contributed by atoms with E-state index in [0.717, 1.165) is 45.4 Å². The van der Waals surface area contributed by atoms with Gasteiger partial charge in [0.1, 0.15) is 5.54 Å². The SMILES string of the molecule is CCCC(C)(C(=O)OC)N1CCCNCC1. The van der Waals surface area contributed by atoms with Gasteiger partial charge in [0.05, 0.1) is 7.11 Å². The zero-order valence-electron chi connectivity index (χ0n) is 10.7. The molecule has 1 atom stereocenters. The minimum absolute atomic E-state index is 0.101. The van der Waals surface area contributed by atoms with Crippen LogP contribution in [0.3, 0.4) is 0 Å². The topological polar surface area (TPSA) is 41.6 Å². The van der Waals surface area contributed by atoms with Crippen molar-refractivity contribution in [2.45, 2.75) is 38.6 Å². The standard InChI is InChI=1S/C12H24N2O2/c1-4-6-12(2,11(15)16-3)14-9-5-7-13-8-10-14/h13H,4-10H2,1-3H3. The van der Waals surface area contributed by atoms with Crippen LogP contribution < -0.4 is 5.32 Å². The van der Waals surface area contributed by atoms with Gasteiger partial charge in [-0.1, -0.05) is 13.3 Å². The molecule has 4 heteroatoms. The van der Waals surface area contributed by atoms with Crippen molar-refractivity contribution in [1.82, 2.24) is 10.2 Å². The van der Waals surface area contributed by atoms with Crippen LogP contribution in [0.5, 0.6) is 0 Å². The van der Waals surface area contributed by atoms with Gasteiger partial charge in [0.25, 0.3) is 0 Å². The van der Waals surface area contributed by atoms with Crippen LogP contribution in [-0.2, 0) is 9.53 Å². The Bertz CT molecular complexity index is 225. The molecule has 1 rings (SSSR count). The van der Waals surface area contributed by atoms with Crippen molar-refractivity contribution >= 4 is 5.97 Å². The summed E-state index contributed by atoms with van der Waals surface area (Å²) in [5.41, 5.74) is -0.449. The van der Waals surface area contributed by atoms with Crippen molar-refractivity contribution in [3.05, 3.63) is 0 Å². The normalized spacial score (nSPS) is 22.2. The molecule has 4 nitrogen and oxygen atoms in total. The van der Waals surface area contributed by atoms with Gasteiger partial charge in [-0.2, -0.15) is 0 Å². The van der Waals surface area contributed by atoms with Gasteiger partial charge in [-0.15, -0.1) is 0 Å². The zero-order valence-corrected chi connectivity index (χ0v) is 10.7. The summed E-state index contributed by atoms with van der Waals surface area (Å²) in [7, 11) is 1.48. The number of rotatable bonds is 4. The molecule has 1 unspecified atom stereocenters. The largest absolute Gasteiger partial charge is 0.468 e. The smallest absolute Gasteiger partial charge is 0.325 e. The van der Waals surface area contributed by atoms with Crippen LogP contribution in [0, 0.1) is 0 Å². The van der Waals surface area contributed by atoms with Crippen molar-refractivity contribution in [3.63, 3.8) is 0 Å². The molecule has 0 aromatic carbocycles. The van der Waals surface area contributed by atoms with E-state index in [1.165, 1.54) is 7.11 Å². The van der Waals surface area contributed by atoms with Crippen molar-refractivity contribution in [2.24, 2.45) is 0 Å². The molecule has 0 amide bonds. The van der Waals surface area contributed by atoms with Gasteiger partial charge in [-0.05, 0) is 26.3 Å². The van der Waals surface area contributed by atoms with Gasteiger partial charge < -0.3 is 10.1 Å². The molecule has 0 aliphatic carbocycles. The Kier molecular flexibility index (Phi) is 5.22. The highest BCUT2D eigenvalue weighted by Gasteiger charge is 2.39. The number of nitrogens with zero attached hydrogens (tertiary/aromatic N) is 1. The van der Waals surface area contributed by atoms with Crippen LogP contribution in [0.4, 0.5) is 0 Å². The average molecular weight is 228 g/mol. The Hall–Kier alpha value is -0.610. The average Bonchev–Trinajstić information content (AvgIpc) is 2.57. The first kappa shape index (κ1) is 13.5. The molecular weight excluding hydrogens is 204 g/mol. The maximum atomic E-state index is 12.0. The summed E-state index contributed by atoms with van der Waals surface area (Å²) in [6.07, 6.45) is 2.95. The molecule has 0 spiro atoms. The molecule has 0 bridgehead atoms. The number of carbonyl (C=O) groups is 1. The van der Waals surface area contributed by atoms with Crippen LogP contribution in [-0.4, -0.2) is 49.7 Å². The van der Waals surface area contributed by atoms with Crippen molar-refractivity contribution in [2.75, 3.05) is 33.3 Å². The Morgan fingerprint density at radius 2 is 2.19 bits per heavy atom. The van der Waals surface area contributed by atoms with Gasteiger partial charge in [0.15, 0.2) is 0 Å². The van der Waals surface area contributed by atoms with E-state index >= 15 is 0 Å². The second kappa shape index (κ2) is 6.21. The van der Waals surface area contributed by atoms with Gasteiger partial charge >= 0.3 is 5.97 Å². The Balaban J connectivity index is 2.76. The van der Waals surface area contributed by atoms with E-state index in [9.17, 15) is 4.79 Å². The van der Waals surface area contributed by atoms with E-state index in [-0.39, 0.29) is 5.97 Å². The van der Waals surface area contributed by atoms with Gasteiger partial charge in [-0.3, -0.25) is 9.69 Å². The summed E-state index contributed by atoms with van der Waals surface area (Å²) in [6, 6.07) is 0. The van der Waals surface area contributed by atoms with E-state index < -0.39 is 5.54 Å². The summed E-state index contributed by atoms with van der Waals surface area (Å²) in [5.74, 6) is -0.101. The maximum Gasteiger partial charge on any atom is 0.325 e. The first-order valence-electron chi connectivity index (χ1n) is 6.19. The molecule has 0 radical (unpaired) electrons. The molecule has 1 fully saturated rings. The first-order chi connectivity index (χ1) is 7.65. The molecule has 16 heavy (non-hydrogen) atoms. The molecule has 1 aliphatic heterocycles. The van der Waals surface area contributed by atoms with E-state index in [1.54, 1.807) is 0 Å². The fraction of sp³-hybridized carbons (Fsp3) is 0.917. The second-order valence-corrected chi connectivity index (χ2v) is 4.61. The molecule has 0 aromatic rings. The predicted octanol–water partition coefficient (Wildman–Crippen LogP) is 1.01. The minimum Gasteiger partial charge on any atom is -0.468 e. The van der Waals surface area contributed by atoms with E-state index in [4.69, 9.17) is 4.74 Å². The molecule has 1 N–H and O–H groups in total. The molecule has 0 saturated carbocycles. The third-order valence-electron chi connectivity index (χ3n) is 3.40. The van der Waals surface area contributed by atoms with Crippen molar-refractivity contribution < 1.29 is 9.53 Å².